The number of aliphatic hydroxyl groups excluding tert-OH is 1. The van der Waals surface area contributed by atoms with Gasteiger partial charge in [0.2, 0.25) is 0 Å². The van der Waals surface area contributed by atoms with Crippen LogP contribution in [0.5, 0.6) is 0 Å². The van der Waals surface area contributed by atoms with Crippen LogP contribution in [0.1, 0.15) is 25.7 Å². The quantitative estimate of drug-likeness (QED) is 0.829. The van der Waals surface area contributed by atoms with Crippen LogP contribution in [-0.4, -0.2) is 33.9 Å². The summed E-state index contributed by atoms with van der Waals surface area (Å²) in [6.45, 7) is 1.10. The zero-order valence-corrected chi connectivity index (χ0v) is 10.2. The maximum absolute atomic E-state index is 12.0. The average molecular weight is 237 g/mol. The monoisotopic (exact) mass is 237 g/mol. The molecule has 94 valence electrons. The minimum Gasteiger partial charge on any atom is -0.396 e. The minimum absolute atomic E-state index is 0.0385. The van der Waals surface area contributed by atoms with Crippen molar-refractivity contribution in [3.63, 3.8) is 0 Å². The van der Waals surface area contributed by atoms with Crippen molar-refractivity contribution in [2.75, 3.05) is 18.1 Å². The molecule has 17 heavy (non-hydrogen) atoms. The van der Waals surface area contributed by atoms with E-state index in [1.807, 2.05) is 0 Å². The number of aryl methyl sites for hydroxylation is 1. The summed E-state index contributed by atoms with van der Waals surface area (Å²) in [5.41, 5.74) is -0.0385. The van der Waals surface area contributed by atoms with Crippen molar-refractivity contribution in [1.29, 1.82) is 0 Å². The molecule has 2 heterocycles. The van der Waals surface area contributed by atoms with Crippen LogP contribution in [0.4, 0.5) is 5.82 Å². The molecular weight excluding hydrogens is 218 g/mol. The molecule has 0 spiro atoms. The van der Waals surface area contributed by atoms with E-state index in [4.69, 9.17) is 5.11 Å². The molecule has 2 rings (SSSR count). The number of nitrogens with zero attached hydrogens (tertiary/aromatic N) is 3. The summed E-state index contributed by atoms with van der Waals surface area (Å²) < 4.78 is 1.56. The minimum atomic E-state index is -0.0385. The first-order valence-electron chi connectivity index (χ1n) is 6.13. The molecule has 1 unspecified atom stereocenters. The van der Waals surface area contributed by atoms with Gasteiger partial charge in [0.1, 0.15) is 0 Å². The predicted molar refractivity (Wildman–Crippen MR) is 66.2 cm³/mol. The molecule has 5 nitrogen and oxygen atoms in total. The second kappa shape index (κ2) is 5.31. The molecule has 0 aliphatic carbocycles. The Bertz CT molecular complexity index is 430. The Kier molecular flexibility index (Phi) is 3.78. The highest BCUT2D eigenvalue weighted by molar-refractivity contribution is 5.38. The Balaban J connectivity index is 2.20. The van der Waals surface area contributed by atoms with Crippen LogP contribution in [-0.2, 0) is 7.05 Å². The third-order valence-electron chi connectivity index (χ3n) is 3.34. The van der Waals surface area contributed by atoms with E-state index in [2.05, 4.69) is 9.88 Å². The Morgan fingerprint density at radius 2 is 2.41 bits per heavy atom. The molecule has 1 aromatic heterocycles. The summed E-state index contributed by atoms with van der Waals surface area (Å²) in [5.74, 6) is 0.551. The first kappa shape index (κ1) is 12.1. The summed E-state index contributed by atoms with van der Waals surface area (Å²) >= 11 is 0. The number of aromatic nitrogens is 2. The topological polar surface area (TPSA) is 58.4 Å². The molecule has 1 saturated heterocycles. The van der Waals surface area contributed by atoms with Crippen molar-refractivity contribution >= 4 is 5.82 Å². The lowest BCUT2D eigenvalue weighted by Gasteiger charge is -2.24. The first-order chi connectivity index (χ1) is 8.24. The van der Waals surface area contributed by atoms with Crippen LogP contribution in [0.2, 0.25) is 0 Å². The molecule has 5 heteroatoms. The van der Waals surface area contributed by atoms with Gasteiger partial charge in [0.05, 0.1) is 0 Å². The van der Waals surface area contributed by atoms with E-state index >= 15 is 0 Å². The van der Waals surface area contributed by atoms with E-state index in [0.29, 0.717) is 11.9 Å². The van der Waals surface area contributed by atoms with Crippen molar-refractivity contribution < 1.29 is 5.11 Å². The smallest absolute Gasteiger partial charge is 0.293 e. The summed E-state index contributed by atoms with van der Waals surface area (Å²) in [4.78, 5) is 18.3. The molecule has 1 N–H and O–H groups in total. The summed E-state index contributed by atoms with van der Waals surface area (Å²) in [6.07, 6.45) is 7.23. The lowest BCUT2D eigenvalue weighted by atomic mass is 10.1. The summed E-state index contributed by atoms with van der Waals surface area (Å²) in [6, 6.07) is 0.352. The molecule has 1 aromatic rings. The van der Waals surface area contributed by atoms with Crippen molar-refractivity contribution in [2.45, 2.75) is 31.7 Å². The van der Waals surface area contributed by atoms with E-state index in [9.17, 15) is 4.79 Å². The van der Waals surface area contributed by atoms with E-state index in [-0.39, 0.29) is 12.2 Å². The van der Waals surface area contributed by atoms with Crippen molar-refractivity contribution in [3.8, 4) is 0 Å². The number of hydrogen-bond donors (Lipinski definition) is 1. The van der Waals surface area contributed by atoms with E-state index in [1.165, 1.54) is 0 Å². The van der Waals surface area contributed by atoms with Gasteiger partial charge in [-0.25, -0.2) is 4.98 Å². The van der Waals surface area contributed by atoms with E-state index in [0.717, 1.165) is 32.2 Å². The highest BCUT2D eigenvalue weighted by atomic mass is 16.2. The number of aliphatic hydroxyl groups is 1. The van der Waals surface area contributed by atoms with E-state index < -0.39 is 0 Å². The standard InChI is InChI=1S/C12H19N3O2/c1-14-8-6-13-11(12(14)17)15-7-2-4-10(15)5-3-9-16/h6,8,10,16H,2-5,7,9H2,1H3. The van der Waals surface area contributed by atoms with Gasteiger partial charge in [-0.2, -0.15) is 0 Å². The van der Waals surface area contributed by atoms with Gasteiger partial charge in [-0.05, 0) is 25.7 Å². The maximum Gasteiger partial charge on any atom is 0.293 e. The van der Waals surface area contributed by atoms with E-state index in [1.54, 1.807) is 24.0 Å². The Morgan fingerprint density at radius 1 is 1.59 bits per heavy atom. The predicted octanol–water partition coefficient (Wildman–Crippen LogP) is 0.522. The molecule has 1 aliphatic heterocycles. The number of anilines is 1. The van der Waals surface area contributed by atoms with Gasteiger partial charge < -0.3 is 14.6 Å². The van der Waals surface area contributed by atoms with Crippen molar-refractivity contribution in [2.24, 2.45) is 7.05 Å². The molecule has 0 saturated carbocycles. The van der Waals surface area contributed by atoms with Gasteiger partial charge in [-0.1, -0.05) is 0 Å². The zero-order valence-electron chi connectivity index (χ0n) is 10.2. The fourth-order valence-electron chi connectivity index (χ4n) is 2.42. The lowest BCUT2D eigenvalue weighted by Crippen LogP contribution is -2.36. The third-order valence-corrected chi connectivity index (χ3v) is 3.34. The molecular formula is C12H19N3O2. The third kappa shape index (κ3) is 2.49. The number of rotatable bonds is 4. The number of hydrogen-bond acceptors (Lipinski definition) is 4. The molecule has 0 amide bonds. The van der Waals surface area contributed by atoms with Crippen molar-refractivity contribution in [1.82, 2.24) is 9.55 Å². The Hall–Kier alpha value is -1.36. The zero-order chi connectivity index (χ0) is 12.3. The second-order valence-electron chi connectivity index (χ2n) is 4.52. The second-order valence-corrected chi connectivity index (χ2v) is 4.52. The molecule has 1 atom stereocenters. The van der Waals surface area contributed by atoms with Crippen LogP contribution in [0, 0.1) is 0 Å². The van der Waals surface area contributed by atoms with Gasteiger partial charge in [-0.15, -0.1) is 0 Å². The highest BCUT2D eigenvalue weighted by Crippen LogP contribution is 2.24. The SMILES string of the molecule is Cn1ccnc(N2CCCC2CCCO)c1=O. The van der Waals surface area contributed by atoms with Crippen LogP contribution in [0.25, 0.3) is 0 Å². The van der Waals surface area contributed by atoms with Gasteiger partial charge in [0, 0.05) is 38.6 Å². The fraction of sp³-hybridized carbons (Fsp3) is 0.667. The normalized spacial score (nSPS) is 19.9. The average Bonchev–Trinajstić information content (AvgIpc) is 2.78. The van der Waals surface area contributed by atoms with Crippen LogP contribution < -0.4 is 10.5 Å². The molecule has 0 bridgehead atoms. The van der Waals surface area contributed by atoms with Crippen LogP contribution in [0.3, 0.4) is 0 Å². The Morgan fingerprint density at radius 3 is 3.18 bits per heavy atom. The molecule has 0 aromatic carbocycles. The maximum atomic E-state index is 12.0. The van der Waals surface area contributed by atoms with Gasteiger partial charge in [0.15, 0.2) is 5.82 Å². The molecule has 1 fully saturated rings. The first-order valence-corrected chi connectivity index (χ1v) is 6.13. The highest BCUT2D eigenvalue weighted by Gasteiger charge is 2.27. The molecule has 1 aliphatic rings. The lowest BCUT2D eigenvalue weighted by molar-refractivity contribution is 0.279. The summed E-state index contributed by atoms with van der Waals surface area (Å²) in [7, 11) is 1.74. The summed E-state index contributed by atoms with van der Waals surface area (Å²) in [5, 5.41) is 8.88. The fourth-order valence-corrected chi connectivity index (χ4v) is 2.42. The van der Waals surface area contributed by atoms with Crippen LogP contribution >= 0.6 is 0 Å². The van der Waals surface area contributed by atoms with Gasteiger partial charge in [-0.3, -0.25) is 4.79 Å². The molecule has 0 radical (unpaired) electrons. The van der Waals surface area contributed by atoms with Gasteiger partial charge >= 0.3 is 0 Å². The largest absolute Gasteiger partial charge is 0.396 e. The van der Waals surface area contributed by atoms with Gasteiger partial charge in [0.25, 0.3) is 5.56 Å². The van der Waals surface area contributed by atoms with Crippen molar-refractivity contribution in [3.05, 3.63) is 22.7 Å². The Labute approximate surface area is 101 Å². The van der Waals surface area contributed by atoms with Crippen LogP contribution in [0.15, 0.2) is 17.2 Å².